The summed E-state index contributed by atoms with van der Waals surface area (Å²) in [5.74, 6) is -1.80. The highest BCUT2D eigenvalue weighted by molar-refractivity contribution is 8.00. The summed E-state index contributed by atoms with van der Waals surface area (Å²) in [7, 11) is 0. The van der Waals surface area contributed by atoms with Crippen LogP contribution in [-0.4, -0.2) is 35.5 Å². The largest absolute Gasteiger partial charge is 0.480 e. The number of carboxylic acid groups (broad SMARTS) is 1. The van der Waals surface area contributed by atoms with Crippen molar-refractivity contribution in [2.45, 2.75) is 24.8 Å². The lowest BCUT2D eigenvalue weighted by atomic mass is 10.2. The topological polar surface area (TPSA) is 66.4 Å². The van der Waals surface area contributed by atoms with Gasteiger partial charge in [0.1, 0.15) is 6.67 Å². The Balaban J connectivity index is 2.52. The van der Waals surface area contributed by atoms with Crippen LogP contribution in [-0.2, 0) is 9.59 Å². The van der Waals surface area contributed by atoms with Crippen molar-refractivity contribution >= 4 is 23.6 Å². The molecule has 0 saturated heterocycles. The summed E-state index contributed by atoms with van der Waals surface area (Å²) < 4.78 is 12.3. The van der Waals surface area contributed by atoms with Gasteiger partial charge in [-0.15, -0.1) is 11.8 Å². The number of halogens is 1. The van der Waals surface area contributed by atoms with Gasteiger partial charge in [0, 0.05) is 4.90 Å². The van der Waals surface area contributed by atoms with Gasteiger partial charge in [-0.1, -0.05) is 17.7 Å². The minimum atomic E-state index is -1.47. The van der Waals surface area contributed by atoms with E-state index in [9.17, 15) is 14.0 Å². The summed E-state index contributed by atoms with van der Waals surface area (Å²) in [5.41, 5.74) is 2.19. The van der Waals surface area contributed by atoms with Crippen LogP contribution in [0.3, 0.4) is 0 Å². The van der Waals surface area contributed by atoms with Gasteiger partial charge in [0.2, 0.25) is 5.91 Å². The first-order chi connectivity index (χ1) is 8.93. The third kappa shape index (κ3) is 4.90. The van der Waals surface area contributed by atoms with Crippen molar-refractivity contribution in [1.82, 2.24) is 5.32 Å². The molecule has 0 aliphatic heterocycles. The lowest BCUT2D eigenvalue weighted by molar-refractivity contribution is -0.141. The molecule has 1 amide bonds. The Morgan fingerprint density at radius 1 is 1.42 bits per heavy atom. The van der Waals surface area contributed by atoms with Crippen LogP contribution in [0.25, 0.3) is 0 Å². The molecule has 0 spiro atoms. The van der Waals surface area contributed by atoms with E-state index in [0.29, 0.717) is 0 Å². The molecular weight excluding hydrogens is 269 g/mol. The van der Waals surface area contributed by atoms with Gasteiger partial charge in [-0.3, -0.25) is 4.79 Å². The fourth-order valence-corrected chi connectivity index (χ4v) is 2.33. The summed E-state index contributed by atoms with van der Waals surface area (Å²) in [5, 5.41) is 10.8. The van der Waals surface area contributed by atoms with E-state index in [2.05, 4.69) is 5.32 Å². The molecular formula is C13H16FNO3S. The number of rotatable bonds is 6. The molecule has 1 atom stereocenters. The summed E-state index contributed by atoms with van der Waals surface area (Å²) in [6.07, 6.45) is 0. The second-order valence-electron chi connectivity index (χ2n) is 4.17. The first kappa shape index (κ1) is 15.5. The molecule has 1 unspecified atom stereocenters. The third-order valence-electron chi connectivity index (χ3n) is 2.48. The Labute approximate surface area is 115 Å². The van der Waals surface area contributed by atoms with Crippen LogP contribution in [0, 0.1) is 13.8 Å². The number of nitrogens with one attached hydrogen (secondary N) is 1. The van der Waals surface area contributed by atoms with Gasteiger partial charge in [-0.2, -0.15) is 0 Å². The van der Waals surface area contributed by atoms with Crippen molar-refractivity contribution in [2.24, 2.45) is 0 Å². The van der Waals surface area contributed by atoms with E-state index in [1.165, 1.54) is 11.8 Å². The van der Waals surface area contributed by atoms with Gasteiger partial charge >= 0.3 is 5.97 Å². The quantitative estimate of drug-likeness (QED) is 0.784. The molecule has 2 N–H and O–H groups in total. The molecule has 0 fully saturated rings. The molecule has 19 heavy (non-hydrogen) atoms. The molecule has 104 valence electrons. The third-order valence-corrected chi connectivity index (χ3v) is 3.65. The van der Waals surface area contributed by atoms with Gasteiger partial charge in [0.15, 0.2) is 6.04 Å². The Hall–Kier alpha value is -1.56. The van der Waals surface area contributed by atoms with Crippen LogP contribution in [0.5, 0.6) is 0 Å². The Bertz CT molecular complexity index is 479. The second-order valence-corrected chi connectivity index (χ2v) is 5.19. The summed E-state index contributed by atoms with van der Waals surface area (Å²) in [4.78, 5) is 23.0. The molecule has 0 heterocycles. The van der Waals surface area contributed by atoms with E-state index in [1.54, 1.807) is 0 Å². The number of amides is 1. The van der Waals surface area contributed by atoms with E-state index in [1.807, 2.05) is 32.0 Å². The van der Waals surface area contributed by atoms with Crippen molar-refractivity contribution in [1.29, 1.82) is 0 Å². The molecule has 0 bridgehead atoms. The van der Waals surface area contributed by atoms with E-state index >= 15 is 0 Å². The number of aryl methyl sites for hydroxylation is 2. The summed E-state index contributed by atoms with van der Waals surface area (Å²) >= 11 is 1.30. The van der Waals surface area contributed by atoms with Crippen LogP contribution < -0.4 is 5.32 Å². The van der Waals surface area contributed by atoms with Crippen LogP contribution in [0.1, 0.15) is 11.1 Å². The molecule has 0 aromatic heterocycles. The SMILES string of the molecule is Cc1ccc(SCC(=O)NC(CF)C(=O)O)c(C)c1. The van der Waals surface area contributed by atoms with Crippen LogP contribution in [0.2, 0.25) is 0 Å². The highest BCUT2D eigenvalue weighted by Gasteiger charge is 2.19. The molecule has 1 aromatic rings. The smallest absolute Gasteiger partial charge is 0.328 e. The fourth-order valence-electron chi connectivity index (χ4n) is 1.51. The predicted octanol–water partition coefficient (Wildman–Crippen LogP) is 1.93. The lowest BCUT2D eigenvalue weighted by Crippen LogP contribution is -2.43. The molecule has 0 aliphatic rings. The monoisotopic (exact) mass is 285 g/mol. The van der Waals surface area contributed by atoms with Crippen LogP contribution >= 0.6 is 11.8 Å². The predicted molar refractivity (Wildman–Crippen MR) is 72.2 cm³/mol. The maximum Gasteiger partial charge on any atom is 0.328 e. The Morgan fingerprint density at radius 2 is 2.11 bits per heavy atom. The number of benzene rings is 1. The number of alkyl halides is 1. The van der Waals surface area contributed by atoms with Gasteiger partial charge in [-0.25, -0.2) is 9.18 Å². The zero-order valence-electron chi connectivity index (χ0n) is 10.8. The van der Waals surface area contributed by atoms with Crippen molar-refractivity contribution in [3.05, 3.63) is 29.3 Å². The highest BCUT2D eigenvalue weighted by atomic mass is 32.2. The average Bonchev–Trinajstić information content (AvgIpc) is 2.34. The van der Waals surface area contributed by atoms with Crippen LogP contribution in [0.15, 0.2) is 23.1 Å². The number of hydrogen-bond acceptors (Lipinski definition) is 3. The van der Waals surface area contributed by atoms with Crippen molar-refractivity contribution < 1.29 is 19.1 Å². The fraction of sp³-hybridized carbons (Fsp3) is 0.385. The molecule has 4 nitrogen and oxygen atoms in total. The maximum absolute atomic E-state index is 12.3. The normalized spacial score (nSPS) is 11.9. The molecule has 0 aliphatic carbocycles. The van der Waals surface area contributed by atoms with Crippen molar-refractivity contribution in [3.63, 3.8) is 0 Å². The zero-order valence-corrected chi connectivity index (χ0v) is 11.6. The summed E-state index contributed by atoms with van der Waals surface area (Å²) in [6, 6.07) is 4.38. The molecule has 0 saturated carbocycles. The number of carbonyl (C=O) groups excluding carboxylic acids is 1. The molecule has 0 radical (unpaired) electrons. The van der Waals surface area contributed by atoms with Crippen LogP contribution in [0.4, 0.5) is 4.39 Å². The second kappa shape index (κ2) is 7.13. The number of carbonyl (C=O) groups is 2. The standard InChI is InChI=1S/C13H16FNO3S/c1-8-3-4-11(9(2)5-8)19-7-12(16)15-10(6-14)13(17)18/h3-5,10H,6-7H2,1-2H3,(H,15,16)(H,17,18). The van der Waals surface area contributed by atoms with Crippen molar-refractivity contribution in [2.75, 3.05) is 12.4 Å². The number of aliphatic carboxylic acids is 1. The Kier molecular flexibility index (Phi) is 5.82. The zero-order chi connectivity index (χ0) is 14.4. The van der Waals surface area contributed by atoms with Gasteiger partial charge in [-0.05, 0) is 25.5 Å². The molecule has 1 aromatic carbocycles. The first-order valence-electron chi connectivity index (χ1n) is 5.72. The van der Waals surface area contributed by atoms with Gasteiger partial charge in [0.25, 0.3) is 0 Å². The minimum absolute atomic E-state index is 0.0632. The summed E-state index contributed by atoms with van der Waals surface area (Å²) in [6.45, 7) is 2.80. The number of thioether (sulfide) groups is 1. The minimum Gasteiger partial charge on any atom is -0.480 e. The number of carboxylic acids is 1. The Morgan fingerprint density at radius 3 is 2.63 bits per heavy atom. The van der Waals surface area contributed by atoms with E-state index in [-0.39, 0.29) is 5.75 Å². The molecule has 6 heteroatoms. The van der Waals surface area contributed by atoms with E-state index < -0.39 is 24.6 Å². The maximum atomic E-state index is 12.3. The van der Waals surface area contributed by atoms with Gasteiger partial charge in [0.05, 0.1) is 5.75 Å². The molecule has 1 rings (SSSR count). The number of hydrogen-bond donors (Lipinski definition) is 2. The lowest BCUT2D eigenvalue weighted by Gasteiger charge is -2.11. The van der Waals surface area contributed by atoms with Crippen molar-refractivity contribution in [3.8, 4) is 0 Å². The highest BCUT2D eigenvalue weighted by Crippen LogP contribution is 2.22. The van der Waals surface area contributed by atoms with E-state index in [4.69, 9.17) is 5.11 Å². The van der Waals surface area contributed by atoms with E-state index in [0.717, 1.165) is 16.0 Å². The average molecular weight is 285 g/mol. The first-order valence-corrected chi connectivity index (χ1v) is 6.70. The van der Waals surface area contributed by atoms with Gasteiger partial charge < -0.3 is 10.4 Å².